The van der Waals surface area contributed by atoms with E-state index in [1.807, 2.05) is 20.0 Å². The lowest BCUT2D eigenvalue weighted by atomic mass is 10.3. The number of nitrogens with one attached hydrogen (secondary N) is 1. The van der Waals surface area contributed by atoms with Crippen LogP contribution >= 0.6 is 0 Å². The van der Waals surface area contributed by atoms with E-state index in [1.165, 1.54) is 0 Å². The average molecular weight is 279 g/mol. The maximum atomic E-state index is 11.8. The Labute approximate surface area is 121 Å². The Morgan fingerprint density at radius 1 is 1.35 bits per heavy atom. The van der Waals surface area contributed by atoms with E-state index >= 15 is 0 Å². The van der Waals surface area contributed by atoms with Gasteiger partial charge in [0.15, 0.2) is 0 Å². The first kappa shape index (κ1) is 16.4. The third kappa shape index (κ3) is 5.13. The number of rotatable bonds is 7. The molecule has 0 aromatic carbocycles. The van der Waals surface area contributed by atoms with E-state index in [4.69, 9.17) is 0 Å². The van der Waals surface area contributed by atoms with E-state index in [0.29, 0.717) is 13.1 Å². The van der Waals surface area contributed by atoms with Crippen molar-refractivity contribution in [2.24, 2.45) is 0 Å². The predicted molar refractivity (Wildman–Crippen MR) is 80.6 cm³/mol. The van der Waals surface area contributed by atoms with Crippen LogP contribution in [-0.4, -0.2) is 59.9 Å². The molecule has 0 spiro atoms. The van der Waals surface area contributed by atoms with Gasteiger partial charge in [0.25, 0.3) is 0 Å². The van der Waals surface area contributed by atoms with Crippen LogP contribution < -0.4 is 5.32 Å². The van der Waals surface area contributed by atoms with Crippen molar-refractivity contribution >= 4 is 11.7 Å². The molecule has 0 atom stereocenters. The second-order valence-electron chi connectivity index (χ2n) is 5.06. The predicted octanol–water partition coefficient (Wildman–Crippen LogP) is 1.13. The fourth-order valence-electron chi connectivity index (χ4n) is 1.89. The Morgan fingerprint density at radius 2 is 2.05 bits per heavy atom. The van der Waals surface area contributed by atoms with Gasteiger partial charge in [-0.05, 0) is 19.9 Å². The molecule has 0 aliphatic rings. The van der Waals surface area contributed by atoms with Crippen molar-refractivity contribution in [3.63, 3.8) is 0 Å². The van der Waals surface area contributed by atoms with Crippen LogP contribution in [0, 0.1) is 6.92 Å². The van der Waals surface area contributed by atoms with E-state index in [-0.39, 0.29) is 5.91 Å². The lowest BCUT2D eigenvalue weighted by molar-refractivity contribution is -0.130. The highest BCUT2D eigenvalue weighted by molar-refractivity contribution is 5.77. The Bertz CT molecular complexity index is 447. The molecular formula is C14H25N5O. The van der Waals surface area contributed by atoms with E-state index in [1.54, 1.807) is 19.0 Å². The molecule has 1 aromatic heterocycles. The highest BCUT2D eigenvalue weighted by Crippen LogP contribution is 2.08. The fraction of sp³-hybridized carbons (Fsp3) is 0.643. The van der Waals surface area contributed by atoms with Crippen molar-refractivity contribution in [2.75, 3.05) is 39.5 Å². The van der Waals surface area contributed by atoms with Crippen LogP contribution in [0.15, 0.2) is 6.07 Å². The molecule has 1 amide bonds. The van der Waals surface area contributed by atoms with Gasteiger partial charge in [-0.25, -0.2) is 9.97 Å². The molecule has 0 unspecified atom stereocenters. The maximum absolute atomic E-state index is 11.8. The summed E-state index contributed by atoms with van der Waals surface area (Å²) >= 11 is 0. The molecule has 0 saturated carbocycles. The van der Waals surface area contributed by atoms with Crippen LogP contribution in [0.2, 0.25) is 0 Å². The summed E-state index contributed by atoms with van der Waals surface area (Å²) < 4.78 is 0. The summed E-state index contributed by atoms with van der Waals surface area (Å²) in [5.41, 5.74) is 0.926. The Morgan fingerprint density at radius 3 is 2.60 bits per heavy atom. The summed E-state index contributed by atoms with van der Waals surface area (Å²) in [4.78, 5) is 24.4. The number of nitrogens with zero attached hydrogens (tertiary/aromatic N) is 4. The van der Waals surface area contributed by atoms with E-state index < -0.39 is 0 Å². The van der Waals surface area contributed by atoms with E-state index in [2.05, 4.69) is 27.1 Å². The van der Waals surface area contributed by atoms with Crippen molar-refractivity contribution in [1.29, 1.82) is 0 Å². The minimum Gasteiger partial charge on any atom is -0.373 e. The van der Waals surface area contributed by atoms with Crippen molar-refractivity contribution in [2.45, 2.75) is 26.8 Å². The zero-order chi connectivity index (χ0) is 15.1. The Hall–Kier alpha value is -1.69. The number of aromatic nitrogens is 2. The first-order valence-electron chi connectivity index (χ1n) is 6.91. The van der Waals surface area contributed by atoms with Gasteiger partial charge in [0.2, 0.25) is 5.91 Å². The second kappa shape index (κ2) is 7.79. The van der Waals surface area contributed by atoms with Crippen LogP contribution in [0.4, 0.5) is 5.82 Å². The minimum absolute atomic E-state index is 0.0972. The van der Waals surface area contributed by atoms with Gasteiger partial charge in [-0.3, -0.25) is 9.69 Å². The average Bonchev–Trinajstić information content (AvgIpc) is 2.37. The quantitative estimate of drug-likeness (QED) is 0.810. The number of carbonyl (C=O) groups is 1. The summed E-state index contributed by atoms with van der Waals surface area (Å²) in [5, 5.41) is 3.03. The molecular weight excluding hydrogens is 254 g/mol. The van der Waals surface area contributed by atoms with Gasteiger partial charge in [0.05, 0.1) is 13.1 Å². The molecule has 20 heavy (non-hydrogen) atoms. The zero-order valence-corrected chi connectivity index (χ0v) is 13.1. The summed E-state index contributed by atoms with van der Waals surface area (Å²) in [7, 11) is 5.38. The Kier molecular flexibility index (Phi) is 6.38. The van der Waals surface area contributed by atoms with Gasteiger partial charge < -0.3 is 10.2 Å². The zero-order valence-electron chi connectivity index (χ0n) is 13.1. The summed E-state index contributed by atoms with van der Waals surface area (Å²) in [5.74, 6) is 1.65. The largest absolute Gasteiger partial charge is 0.373 e. The van der Waals surface area contributed by atoms with Gasteiger partial charge >= 0.3 is 0 Å². The van der Waals surface area contributed by atoms with Gasteiger partial charge in [-0.2, -0.15) is 0 Å². The first-order chi connectivity index (χ1) is 9.46. The molecule has 0 saturated heterocycles. The van der Waals surface area contributed by atoms with Crippen molar-refractivity contribution in [1.82, 2.24) is 19.8 Å². The maximum Gasteiger partial charge on any atom is 0.236 e. The van der Waals surface area contributed by atoms with Crippen molar-refractivity contribution in [3.05, 3.63) is 17.6 Å². The van der Waals surface area contributed by atoms with Crippen LogP contribution in [-0.2, 0) is 11.3 Å². The number of anilines is 1. The number of hydrogen-bond donors (Lipinski definition) is 1. The number of carbonyl (C=O) groups excluding carboxylic acids is 1. The van der Waals surface area contributed by atoms with Gasteiger partial charge in [-0.15, -0.1) is 0 Å². The molecule has 6 nitrogen and oxygen atoms in total. The number of aryl methyl sites for hydroxylation is 1. The molecule has 0 aliphatic carbocycles. The molecule has 0 radical (unpaired) electrons. The topological polar surface area (TPSA) is 61.4 Å². The molecule has 0 aliphatic heterocycles. The molecule has 1 heterocycles. The summed E-state index contributed by atoms with van der Waals surface area (Å²) in [6.45, 7) is 5.88. The monoisotopic (exact) mass is 279 g/mol. The highest BCUT2D eigenvalue weighted by Gasteiger charge is 2.14. The number of hydrogen-bond acceptors (Lipinski definition) is 5. The van der Waals surface area contributed by atoms with Crippen LogP contribution in [0.1, 0.15) is 24.9 Å². The van der Waals surface area contributed by atoms with Crippen LogP contribution in [0.25, 0.3) is 0 Å². The molecule has 112 valence electrons. The molecule has 0 bridgehead atoms. The van der Waals surface area contributed by atoms with Gasteiger partial charge in [0, 0.05) is 32.9 Å². The standard InChI is InChI=1S/C14H25N5O/c1-6-7-19(10-14(20)18(4)5)9-13-16-11(2)8-12(15-3)17-13/h8H,6-7,9-10H2,1-5H3,(H,15,16,17). The number of amides is 1. The normalized spacial score (nSPS) is 10.7. The van der Waals surface area contributed by atoms with E-state index in [9.17, 15) is 4.79 Å². The lowest BCUT2D eigenvalue weighted by Crippen LogP contribution is -2.37. The van der Waals surface area contributed by atoms with Gasteiger partial charge in [-0.1, -0.05) is 6.92 Å². The molecule has 1 N–H and O–H groups in total. The Balaban J connectivity index is 2.79. The summed E-state index contributed by atoms with van der Waals surface area (Å²) in [6, 6.07) is 1.90. The van der Waals surface area contributed by atoms with Crippen molar-refractivity contribution in [3.8, 4) is 0 Å². The molecule has 1 aromatic rings. The smallest absolute Gasteiger partial charge is 0.236 e. The number of likely N-dealkylation sites (N-methyl/N-ethyl adjacent to an activating group) is 1. The van der Waals surface area contributed by atoms with Crippen LogP contribution in [0.3, 0.4) is 0 Å². The third-order valence-corrected chi connectivity index (χ3v) is 2.92. The van der Waals surface area contributed by atoms with Crippen molar-refractivity contribution < 1.29 is 4.79 Å². The SMILES string of the molecule is CCCN(CC(=O)N(C)C)Cc1nc(C)cc(NC)n1. The van der Waals surface area contributed by atoms with E-state index in [0.717, 1.165) is 30.3 Å². The van der Waals surface area contributed by atoms with Gasteiger partial charge in [0.1, 0.15) is 11.6 Å². The highest BCUT2D eigenvalue weighted by atomic mass is 16.2. The fourth-order valence-corrected chi connectivity index (χ4v) is 1.89. The molecule has 0 fully saturated rings. The third-order valence-electron chi connectivity index (χ3n) is 2.92. The summed E-state index contributed by atoms with van der Waals surface area (Å²) in [6.07, 6.45) is 0.991. The van der Waals surface area contributed by atoms with Crippen LogP contribution in [0.5, 0.6) is 0 Å². The molecule has 6 heteroatoms. The molecule has 1 rings (SSSR count). The second-order valence-corrected chi connectivity index (χ2v) is 5.06. The first-order valence-corrected chi connectivity index (χ1v) is 6.91. The minimum atomic E-state index is 0.0972. The lowest BCUT2D eigenvalue weighted by Gasteiger charge is -2.22.